The third-order valence-corrected chi connectivity index (χ3v) is 5.60. The zero-order chi connectivity index (χ0) is 23.3. The molecule has 3 aromatic carbocycles. The number of nitro benzene ring substituents is 1. The molecular formula is C21H18N2O8S. The van der Waals surface area contributed by atoms with E-state index in [2.05, 4.69) is 5.32 Å². The van der Waals surface area contributed by atoms with E-state index in [-0.39, 0.29) is 11.5 Å². The highest BCUT2D eigenvalue weighted by Gasteiger charge is 2.28. The minimum absolute atomic E-state index is 0.0922. The monoisotopic (exact) mass is 458 g/mol. The Kier molecular flexibility index (Phi) is 6.59. The van der Waals surface area contributed by atoms with Crippen molar-refractivity contribution in [3.8, 4) is 17.2 Å². The van der Waals surface area contributed by atoms with Crippen molar-refractivity contribution < 1.29 is 31.8 Å². The largest absolute Gasteiger partial charge is 0.497 e. The van der Waals surface area contributed by atoms with Gasteiger partial charge in [-0.25, -0.2) is 0 Å². The molecule has 166 valence electrons. The zero-order valence-electron chi connectivity index (χ0n) is 17.0. The third-order valence-electron chi connectivity index (χ3n) is 4.30. The van der Waals surface area contributed by atoms with Gasteiger partial charge in [-0.05, 0) is 48.5 Å². The van der Waals surface area contributed by atoms with E-state index < -0.39 is 31.5 Å². The highest BCUT2D eigenvalue weighted by Crippen LogP contribution is 2.31. The van der Waals surface area contributed by atoms with Gasteiger partial charge in [-0.15, -0.1) is 0 Å². The summed E-state index contributed by atoms with van der Waals surface area (Å²) in [6, 6.07) is 15.5. The van der Waals surface area contributed by atoms with E-state index >= 15 is 0 Å². The predicted octanol–water partition coefficient (Wildman–Crippen LogP) is 3.63. The van der Waals surface area contributed by atoms with Crippen LogP contribution in [-0.2, 0) is 10.1 Å². The van der Waals surface area contributed by atoms with Crippen molar-refractivity contribution in [2.75, 3.05) is 19.5 Å². The molecule has 0 aliphatic rings. The number of hydrogen-bond donors (Lipinski definition) is 1. The summed E-state index contributed by atoms with van der Waals surface area (Å²) in [5, 5.41) is 13.9. The van der Waals surface area contributed by atoms with Gasteiger partial charge >= 0.3 is 10.1 Å². The van der Waals surface area contributed by atoms with Crippen molar-refractivity contribution in [1.29, 1.82) is 0 Å². The SMILES string of the molecule is COc1ccc(S(=O)(=O)Oc2ccc(NC(=O)c3ccccc3OC)cc2)c([N+](=O)[O-])c1. The van der Waals surface area contributed by atoms with Crippen LogP contribution in [0.4, 0.5) is 11.4 Å². The van der Waals surface area contributed by atoms with Crippen molar-refractivity contribution in [3.05, 3.63) is 82.4 Å². The molecule has 3 rings (SSSR count). The van der Waals surface area contributed by atoms with Crippen LogP contribution in [0.5, 0.6) is 17.2 Å². The number of para-hydroxylation sites is 1. The van der Waals surface area contributed by atoms with E-state index in [9.17, 15) is 23.3 Å². The molecule has 0 aliphatic heterocycles. The van der Waals surface area contributed by atoms with Gasteiger partial charge in [0.15, 0.2) is 4.90 Å². The Bertz CT molecular complexity index is 1260. The predicted molar refractivity (Wildman–Crippen MR) is 115 cm³/mol. The van der Waals surface area contributed by atoms with Crippen molar-refractivity contribution in [2.24, 2.45) is 0 Å². The molecular weight excluding hydrogens is 440 g/mol. The van der Waals surface area contributed by atoms with Gasteiger partial charge in [-0.3, -0.25) is 14.9 Å². The first kappa shape index (κ1) is 22.6. The fraction of sp³-hybridized carbons (Fsp3) is 0.0952. The number of benzene rings is 3. The summed E-state index contributed by atoms with van der Waals surface area (Å²) in [5.74, 6) is 0.0194. The van der Waals surface area contributed by atoms with Crippen LogP contribution in [0.3, 0.4) is 0 Å². The smallest absolute Gasteiger partial charge is 0.346 e. The van der Waals surface area contributed by atoms with Crippen molar-refractivity contribution in [1.82, 2.24) is 0 Å². The normalized spacial score (nSPS) is 10.8. The maximum Gasteiger partial charge on any atom is 0.346 e. The number of hydrogen-bond acceptors (Lipinski definition) is 8. The van der Waals surface area contributed by atoms with Gasteiger partial charge in [0, 0.05) is 5.69 Å². The number of anilines is 1. The van der Waals surface area contributed by atoms with Gasteiger partial charge in [-0.1, -0.05) is 12.1 Å². The number of nitrogens with zero attached hydrogens (tertiary/aromatic N) is 1. The molecule has 1 N–H and O–H groups in total. The summed E-state index contributed by atoms with van der Waals surface area (Å²) in [7, 11) is -1.75. The van der Waals surface area contributed by atoms with Gasteiger partial charge < -0.3 is 19.0 Å². The summed E-state index contributed by atoms with van der Waals surface area (Å²) >= 11 is 0. The van der Waals surface area contributed by atoms with Crippen LogP contribution in [0.15, 0.2) is 71.6 Å². The number of rotatable bonds is 8. The molecule has 11 heteroatoms. The lowest BCUT2D eigenvalue weighted by atomic mass is 10.2. The molecule has 0 saturated carbocycles. The van der Waals surface area contributed by atoms with Crippen LogP contribution in [0, 0.1) is 10.1 Å². The molecule has 0 aliphatic carbocycles. The van der Waals surface area contributed by atoms with Crippen LogP contribution >= 0.6 is 0 Å². The molecule has 0 atom stereocenters. The number of carbonyl (C=O) groups is 1. The fourth-order valence-electron chi connectivity index (χ4n) is 2.77. The molecule has 0 saturated heterocycles. The summed E-state index contributed by atoms with van der Waals surface area (Å²) in [5.41, 5.74) is 0.0239. The Morgan fingerprint density at radius 1 is 0.938 bits per heavy atom. The quantitative estimate of drug-likeness (QED) is 0.307. The van der Waals surface area contributed by atoms with Crippen LogP contribution in [0.1, 0.15) is 10.4 Å². The number of nitrogens with one attached hydrogen (secondary N) is 1. The molecule has 0 fully saturated rings. The van der Waals surface area contributed by atoms with Gasteiger partial charge in [0.1, 0.15) is 17.2 Å². The van der Waals surface area contributed by atoms with E-state index in [1.54, 1.807) is 24.3 Å². The lowest BCUT2D eigenvalue weighted by Crippen LogP contribution is -2.14. The Labute approximate surface area is 183 Å². The molecule has 0 unspecified atom stereocenters. The Balaban J connectivity index is 1.78. The summed E-state index contributed by atoms with van der Waals surface area (Å²) < 4.78 is 40.3. The standard InChI is InChI=1S/C21H18N2O8S/c1-29-16-11-12-20(18(13-16)23(25)26)32(27,28)31-15-9-7-14(8-10-15)22-21(24)17-5-3-4-6-19(17)30-2/h3-13H,1-2H3,(H,22,24). The lowest BCUT2D eigenvalue weighted by molar-refractivity contribution is -0.388. The lowest BCUT2D eigenvalue weighted by Gasteiger charge is -2.11. The van der Waals surface area contributed by atoms with E-state index in [0.29, 0.717) is 17.0 Å². The van der Waals surface area contributed by atoms with Gasteiger partial charge in [0.2, 0.25) is 0 Å². The highest BCUT2D eigenvalue weighted by molar-refractivity contribution is 7.87. The van der Waals surface area contributed by atoms with Crippen LogP contribution < -0.4 is 19.0 Å². The average Bonchev–Trinajstić information content (AvgIpc) is 2.79. The number of carbonyl (C=O) groups excluding carboxylic acids is 1. The highest BCUT2D eigenvalue weighted by atomic mass is 32.2. The first-order chi connectivity index (χ1) is 15.2. The number of nitro groups is 1. The maximum atomic E-state index is 12.6. The Morgan fingerprint density at radius 2 is 1.59 bits per heavy atom. The molecule has 32 heavy (non-hydrogen) atoms. The Morgan fingerprint density at radius 3 is 2.22 bits per heavy atom. The van der Waals surface area contributed by atoms with Crippen LogP contribution in [0.2, 0.25) is 0 Å². The molecule has 0 heterocycles. The number of ether oxygens (including phenoxy) is 2. The molecule has 0 bridgehead atoms. The second-order valence-electron chi connectivity index (χ2n) is 6.31. The van der Waals surface area contributed by atoms with E-state index in [0.717, 1.165) is 12.1 Å². The minimum atomic E-state index is -4.50. The molecule has 3 aromatic rings. The molecule has 0 spiro atoms. The van der Waals surface area contributed by atoms with E-state index in [1.807, 2.05) is 0 Å². The summed E-state index contributed by atoms with van der Waals surface area (Å²) in [4.78, 5) is 22.3. The van der Waals surface area contributed by atoms with Crippen molar-refractivity contribution in [3.63, 3.8) is 0 Å². The van der Waals surface area contributed by atoms with Gasteiger partial charge in [0.25, 0.3) is 11.6 Å². The van der Waals surface area contributed by atoms with Crippen LogP contribution in [-0.4, -0.2) is 33.5 Å². The third kappa shape index (κ3) is 4.95. The second kappa shape index (κ2) is 9.35. The van der Waals surface area contributed by atoms with Crippen LogP contribution in [0.25, 0.3) is 0 Å². The first-order valence-electron chi connectivity index (χ1n) is 9.06. The minimum Gasteiger partial charge on any atom is -0.497 e. The van der Waals surface area contributed by atoms with Crippen molar-refractivity contribution in [2.45, 2.75) is 4.90 Å². The molecule has 1 amide bonds. The van der Waals surface area contributed by atoms with E-state index in [1.165, 1.54) is 44.6 Å². The second-order valence-corrected chi connectivity index (χ2v) is 7.82. The topological polar surface area (TPSA) is 134 Å². The molecule has 0 radical (unpaired) electrons. The van der Waals surface area contributed by atoms with Gasteiger partial charge in [0.05, 0.1) is 30.8 Å². The van der Waals surface area contributed by atoms with Crippen molar-refractivity contribution >= 4 is 27.4 Å². The van der Waals surface area contributed by atoms with E-state index in [4.69, 9.17) is 13.7 Å². The fourth-order valence-corrected chi connectivity index (χ4v) is 3.85. The number of amides is 1. The molecule has 0 aromatic heterocycles. The first-order valence-corrected chi connectivity index (χ1v) is 10.5. The zero-order valence-corrected chi connectivity index (χ0v) is 17.8. The summed E-state index contributed by atoms with van der Waals surface area (Å²) in [6.45, 7) is 0. The maximum absolute atomic E-state index is 12.6. The average molecular weight is 458 g/mol. The number of methoxy groups -OCH3 is 2. The van der Waals surface area contributed by atoms with Gasteiger partial charge in [-0.2, -0.15) is 8.42 Å². The summed E-state index contributed by atoms with van der Waals surface area (Å²) in [6.07, 6.45) is 0. The Hall–Kier alpha value is -4.12. The molecule has 10 nitrogen and oxygen atoms in total.